The van der Waals surface area contributed by atoms with Gasteiger partial charge in [0.05, 0.1) is 52.9 Å². The van der Waals surface area contributed by atoms with E-state index >= 15 is 0 Å². The summed E-state index contributed by atoms with van der Waals surface area (Å²) in [6, 6.07) is -9.14. The van der Waals surface area contributed by atoms with Crippen LogP contribution < -0.4 is 26.6 Å². The van der Waals surface area contributed by atoms with Crippen molar-refractivity contribution in [3.63, 3.8) is 0 Å². The highest BCUT2D eigenvalue weighted by atomic mass is 16.8. The lowest BCUT2D eigenvalue weighted by Gasteiger charge is -2.52. The third kappa shape index (κ3) is 19.2. The van der Waals surface area contributed by atoms with E-state index in [9.17, 15) is 131 Å². The van der Waals surface area contributed by atoms with Gasteiger partial charge in [0.15, 0.2) is 50.3 Å². The number of carbonyl (C=O) groups is 5. The van der Waals surface area contributed by atoms with Crippen LogP contribution in [0.4, 0.5) is 0 Å². The van der Waals surface area contributed by atoms with Gasteiger partial charge in [0.2, 0.25) is 29.5 Å². The predicted octanol–water partition coefficient (Wildman–Crippen LogP) is -17.7. The number of hydrogen-bond acceptors (Lipinski definition) is 41. The van der Waals surface area contributed by atoms with Crippen molar-refractivity contribution in [2.24, 2.45) is 0 Å². The molecule has 0 spiro atoms. The van der Waals surface area contributed by atoms with Crippen molar-refractivity contribution in [3.8, 4) is 0 Å². The van der Waals surface area contributed by atoms with Crippen LogP contribution in [0.3, 0.4) is 0 Å². The molecule has 8 rings (SSSR count). The Hall–Kier alpha value is -4.09. The lowest BCUT2D eigenvalue weighted by atomic mass is 9.93. The zero-order valence-corrected chi connectivity index (χ0v) is 56.3. The van der Waals surface area contributed by atoms with E-state index in [4.69, 9.17) is 71.1 Å². The van der Waals surface area contributed by atoms with Gasteiger partial charge in [-0.3, -0.25) is 24.0 Å². The van der Waals surface area contributed by atoms with Crippen molar-refractivity contribution in [3.05, 3.63) is 0 Å². The van der Waals surface area contributed by atoms with Gasteiger partial charge in [-0.2, -0.15) is 0 Å². The summed E-state index contributed by atoms with van der Waals surface area (Å²) in [5, 5.41) is 246. The molecule has 46 heteroatoms. The van der Waals surface area contributed by atoms with Gasteiger partial charge in [-0.1, -0.05) is 0 Å². The van der Waals surface area contributed by atoms with Gasteiger partial charge in [-0.25, -0.2) is 0 Å². The molecule has 0 aromatic carbocycles. The first-order chi connectivity index (χ1) is 49.2. The summed E-state index contributed by atoms with van der Waals surface area (Å²) in [5.41, 5.74) is 0. The molecule has 0 saturated carbocycles. The van der Waals surface area contributed by atoms with Crippen LogP contribution >= 0.6 is 0 Å². The molecule has 600 valence electrons. The Kier molecular flexibility index (Phi) is 30.9. The quantitative estimate of drug-likeness (QED) is 0.0363. The van der Waals surface area contributed by atoms with Crippen molar-refractivity contribution in [1.29, 1.82) is 0 Å². The predicted molar refractivity (Wildman–Crippen MR) is 322 cm³/mol. The van der Waals surface area contributed by atoms with Crippen LogP contribution in [0.2, 0.25) is 0 Å². The maximum atomic E-state index is 13.1. The molecule has 8 saturated heterocycles. The van der Waals surface area contributed by atoms with Crippen molar-refractivity contribution >= 4 is 29.5 Å². The van der Waals surface area contributed by atoms with Gasteiger partial charge < -0.3 is 205 Å². The van der Waals surface area contributed by atoms with Crippen LogP contribution in [0, 0.1) is 0 Å². The topological polar surface area (TPSA) is 709 Å². The number of hydrogen-bond donors (Lipinski definition) is 26. The molecule has 104 heavy (non-hydrogen) atoms. The standard InChI is InChI=1S/C58H97N5O41/c1-14(71)59-27-40(84)45(24(11-69)91-51(27)89)99-55-31(63-18(5)75)41(85)46(25(12-70)97-55)100-56-44(88)48(102-58-50(43(87)36(80)23(10-68)96-58)104-54-30(62-17(4)74)39(83)34(78)21(8-66)94-54)47(101-52-28(60-15(2)72)37(81)32(76)19(6-64)92-52)26(98-56)13-90-57-49(42(86)35(79)22(9-67)95-57)103-53-29(61-16(3)73)38(82)33(77)20(7-65)93-53/h19-58,64-70,76-89H,6-13H2,1-5H3,(H,59,71)(H,60,72)(H,61,73)(H,62,74)(H,63,75)/t19-,20-,21-,22-,23-,24-,25-,26-,27-,28-,29-,30-,31-,32-,33-,34-,35-,36-,37-,38-,39-,40-,41-,42+,43+,44+,45-,46-,47-,48-,49+,50+,51?,52+,53?,54?,55+,56+,57+,58-/m1/s1. The molecule has 26 N–H and O–H groups in total. The second kappa shape index (κ2) is 37.5. The van der Waals surface area contributed by atoms with Crippen LogP contribution in [-0.2, 0) is 95.0 Å². The summed E-state index contributed by atoms with van der Waals surface area (Å²) in [7, 11) is 0. The first-order valence-corrected chi connectivity index (χ1v) is 33.1. The lowest BCUT2D eigenvalue weighted by Crippen LogP contribution is -2.71. The maximum Gasteiger partial charge on any atom is 0.217 e. The molecule has 0 bridgehead atoms. The van der Waals surface area contributed by atoms with E-state index in [2.05, 4.69) is 26.6 Å². The van der Waals surface area contributed by atoms with Crippen LogP contribution in [0.25, 0.3) is 0 Å². The van der Waals surface area contributed by atoms with E-state index in [1.807, 2.05) is 0 Å². The van der Waals surface area contributed by atoms with Crippen LogP contribution in [0.1, 0.15) is 34.6 Å². The number of aliphatic hydroxyl groups is 21. The first kappa shape index (κ1) is 85.5. The molecule has 40 atom stereocenters. The highest BCUT2D eigenvalue weighted by Crippen LogP contribution is 2.40. The molecule has 8 fully saturated rings. The van der Waals surface area contributed by atoms with E-state index < -0.39 is 328 Å². The summed E-state index contributed by atoms with van der Waals surface area (Å²) < 4.78 is 91.3. The van der Waals surface area contributed by atoms with Crippen molar-refractivity contribution in [2.45, 2.75) is 280 Å². The Bertz CT molecular complexity index is 2770. The molecule has 8 heterocycles. The number of ether oxygens (including phenoxy) is 15. The number of nitrogens with one attached hydrogen (secondary N) is 5. The fraction of sp³-hybridized carbons (Fsp3) is 0.914. The van der Waals surface area contributed by atoms with E-state index in [-0.39, 0.29) is 0 Å². The van der Waals surface area contributed by atoms with Crippen LogP contribution in [0.5, 0.6) is 0 Å². The minimum atomic E-state index is -2.65. The SMILES string of the molecule is CC(=O)N[C@H]1[C@H](O[C@H]2[C@H](O)[C@@H](NC(C)=O)C(O)O[C@@H]2CO)O[C@H](CO)[C@@H](O[C@@H]2O[C@H](CO[C@H]3O[C@H](CO)[C@@H](O)[C@H](O)[C@@H]3OC3O[C@H](CO)[C@@H](O)[C@H](O)[C@H]3NC(C)=O)[C@@H](O[C@@H]3O[C@H](CO)[C@@H](O)[C@H](O)[C@H]3NC(C)=O)[C@H](O[C@H]3O[C@H](CO)[C@@H](O)[C@H](O)[C@@H]3OC3O[C@H](CO)[C@@H](O)[C@H](O)[C@H]3NC(C)=O)[C@@H]2O)[C@@H]1O. The molecule has 0 aromatic heterocycles. The summed E-state index contributed by atoms with van der Waals surface area (Å²) in [6.07, 6.45) is -73.7. The fourth-order valence-corrected chi connectivity index (χ4v) is 13.4. The van der Waals surface area contributed by atoms with Crippen molar-refractivity contribution in [2.75, 3.05) is 52.9 Å². The number of rotatable bonds is 27. The monoisotopic (exact) mass is 1520 g/mol. The molecule has 0 aliphatic carbocycles. The van der Waals surface area contributed by atoms with Crippen molar-refractivity contribution in [1.82, 2.24) is 26.6 Å². The average Bonchev–Trinajstić information content (AvgIpc) is 0.762. The van der Waals surface area contributed by atoms with E-state index in [1.165, 1.54) is 0 Å². The first-order valence-electron chi connectivity index (χ1n) is 33.1. The number of carbonyl (C=O) groups excluding carboxylic acids is 5. The Morgan fingerprint density at radius 1 is 0.250 bits per heavy atom. The Morgan fingerprint density at radius 2 is 0.510 bits per heavy atom. The van der Waals surface area contributed by atoms with Gasteiger partial charge in [-0.15, -0.1) is 0 Å². The Balaban J connectivity index is 1.27. The minimum absolute atomic E-state index is 0.788. The Morgan fingerprint density at radius 3 is 0.885 bits per heavy atom. The molecule has 0 aromatic rings. The van der Waals surface area contributed by atoms with Gasteiger partial charge in [0, 0.05) is 34.6 Å². The smallest absolute Gasteiger partial charge is 0.217 e. The molecular formula is C58H97N5O41. The normalized spacial score (nSPS) is 47.2. The van der Waals surface area contributed by atoms with Gasteiger partial charge in [-0.05, 0) is 0 Å². The van der Waals surface area contributed by atoms with Gasteiger partial charge in [0.25, 0.3) is 0 Å². The summed E-state index contributed by atoms with van der Waals surface area (Å²) in [5.74, 6) is -4.43. The second-order valence-corrected chi connectivity index (χ2v) is 26.1. The van der Waals surface area contributed by atoms with E-state index in [0.717, 1.165) is 34.6 Å². The highest BCUT2D eigenvalue weighted by Gasteiger charge is 2.61. The third-order valence-electron chi connectivity index (χ3n) is 18.7. The average molecular weight is 1520 g/mol. The number of amides is 5. The number of aliphatic hydroxyl groups excluding tert-OH is 21. The summed E-state index contributed by atoms with van der Waals surface area (Å²) >= 11 is 0. The molecule has 8 aliphatic rings. The molecule has 0 radical (unpaired) electrons. The third-order valence-corrected chi connectivity index (χ3v) is 18.7. The summed E-state index contributed by atoms with van der Waals surface area (Å²) in [4.78, 5) is 63.3. The van der Waals surface area contributed by atoms with Gasteiger partial charge in [0.1, 0.15) is 195 Å². The molecular weight excluding hydrogens is 1420 g/mol. The largest absolute Gasteiger partial charge is 0.394 e. The minimum Gasteiger partial charge on any atom is -0.394 e. The lowest BCUT2D eigenvalue weighted by molar-refractivity contribution is -0.407. The Labute approximate surface area is 589 Å². The molecule has 3 unspecified atom stereocenters. The van der Waals surface area contributed by atoms with Crippen LogP contribution in [0.15, 0.2) is 0 Å². The van der Waals surface area contributed by atoms with E-state index in [0.29, 0.717) is 0 Å². The highest BCUT2D eigenvalue weighted by molar-refractivity contribution is 5.75. The zero-order valence-electron chi connectivity index (χ0n) is 56.3. The maximum absolute atomic E-state index is 13.1. The van der Waals surface area contributed by atoms with Crippen molar-refractivity contribution < 1.29 is 202 Å². The fourth-order valence-electron chi connectivity index (χ4n) is 13.4. The molecule has 8 aliphatic heterocycles. The van der Waals surface area contributed by atoms with Gasteiger partial charge >= 0.3 is 0 Å². The molecule has 5 amide bonds. The second-order valence-electron chi connectivity index (χ2n) is 26.1. The summed E-state index contributed by atoms with van der Waals surface area (Å²) in [6.45, 7) is -4.05. The van der Waals surface area contributed by atoms with E-state index in [1.54, 1.807) is 0 Å². The zero-order chi connectivity index (χ0) is 76.8. The molecule has 46 nitrogen and oxygen atoms in total. The van der Waals surface area contributed by atoms with Crippen LogP contribution in [-0.4, -0.2) is 435 Å².